The van der Waals surface area contributed by atoms with Crippen molar-refractivity contribution in [1.29, 1.82) is 0 Å². The molecule has 4 rings (SSSR count). The van der Waals surface area contributed by atoms with Crippen molar-refractivity contribution < 1.29 is 27.9 Å². The Morgan fingerprint density at radius 3 is 2.78 bits per heavy atom. The van der Waals surface area contributed by atoms with Crippen LogP contribution in [-0.2, 0) is 11.3 Å². The minimum atomic E-state index is -2.86. The highest BCUT2D eigenvalue weighted by Crippen LogP contribution is 2.23. The molecule has 1 aromatic carbocycles. The third-order valence-corrected chi connectivity index (χ3v) is 4.48. The summed E-state index contributed by atoms with van der Waals surface area (Å²) in [5.74, 6) is 5.65. The molecule has 0 fully saturated rings. The van der Waals surface area contributed by atoms with Crippen LogP contribution in [0.4, 0.5) is 14.6 Å². The van der Waals surface area contributed by atoms with Gasteiger partial charge in [0, 0.05) is 22.3 Å². The normalized spacial score (nSPS) is 14.8. The molecule has 0 unspecified atom stereocenters. The smallest absolute Gasteiger partial charge is 0.414 e. The second-order valence-electron chi connectivity index (χ2n) is 6.67. The third kappa shape index (κ3) is 5.16. The largest absolute Gasteiger partial charge is 0.443 e. The van der Waals surface area contributed by atoms with Gasteiger partial charge < -0.3 is 24.3 Å². The highest BCUT2D eigenvalue weighted by molar-refractivity contribution is 5.60. The van der Waals surface area contributed by atoms with Gasteiger partial charge in [0.15, 0.2) is 0 Å². The van der Waals surface area contributed by atoms with Crippen LogP contribution < -0.4 is 9.47 Å². The lowest BCUT2D eigenvalue weighted by Crippen LogP contribution is -2.32. The maximum Gasteiger partial charge on any atom is 0.414 e. The van der Waals surface area contributed by atoms with Crippen molar-refractivity contribution in [2.24, 2.45) is 0 Å². The average Bonchev–Trinajstić information content (AvgIpc) is 3.21. The van der Waals surface area contributed by atoms with Crippen LogP contribution in [0.1, 0.15) is 5.56 Å². The molecular formula is C21H16F2N4O5. The summed E-state index contributed by atoms with van der Waals surface area (Å²) < 4.78 is 41.3. The Hall–Kier alpha value is -4.04. The molecule has 3 heterocycles. The van der Waals surface area contributed by atoms with Gasteiger partial charge in [-0.1, -0.05) is 11.8 Å². The molecule has 3 aromatic rings. The fraction of sp³-hybridized carbons (Fsp3) is 0.238. The highest BCUT2D eigenvalue weighted by atomic mass is 19.3. The van der Waals surface area contributed by atoms with Crippen LogP contribution in [-0.4, -0.2) is 45.4 Å². The first kappa shape index (κ1) is 21.2. The van der Waals surface area contributed by atoms with E-state index in [2.05, 4.69) is 26.5 Å². The molecule has 2 aromatic heterocycles. The van der Waals surface area contributed by atoms with Crippen LogP contribution in [0, 0.1) is 22.0 Å². The SMILES string of the molecule is O=[N+]([O-])c1cn2c(n1)OC[C@@H](OCC#Cc1ccc(-c3ccc(OC(F)F)cc3)nc1)C2. The summed E-state index contributed by atoms with van der Waals surface area (Å²) in [7, 11) is 0. The number of ether oxygens (including phenoxy) is 3. The van der Waals surface area contributed by atoms with E-state index in [-0.39, 0.29) is 36.9 Å². The molecule has 0 saturated heterocycles. The standard InChI is InChI=1S/C21H16F2N4O5/c22-20(23)32-16-6-4-15(5-7-16)18-8-3-14(10-24-18)2-1-9-30-17-11-26-12-19(27(28)29)25-21(26)31-13-17/h3-8,10,12,17,20H,9,11,13H2/t17-/m0/s1. The number of nitrogens with zero attached hydrogens (tertiary/aromatic N) is 4. The number of nitro groups is 1. The maximum absolute atomic E-state index is 12.2. The van der Waals surface area contributed by atoms with Gasteiger partial charge in [-0.05, 0) is 41.3 Å². The van der Waals surface area contributed by atoms with Gasteiger partial charge in [0.25, 0.3) is 0 Å². The van der Waals surface area contributed by atoms with Crippen molar-refractivity contribution in [3.63, 3.8) is 0 Å². The quantitative estimate of drug-likeness (QED) is 0.328. The second-order valence-corrected chi connectivity index (χ2v) is 6.67. The summed E-state index contributed by atoms with van der Waals surface area (Å²) >= 11 is 0. The lowest BCUT2D eigenvalue weighted by Gasteiger charge is -2.21. The average molecular weight is 442 g/mol. The fourth-order valence-corrected chi connectivity index (χ4v) is 3.00. The van der Waals surface area contributed by atoms with Crippen molar-refractivity contribution in [2.75, 3.05) is 13.2 Å². The molecule has 1 atom stereocenters. The van der Waals surface area contributed by atoms with Crippen molar-refractivity contribution in [3.05, 3.63) is 64.5 Å². The van der Waals surface area contributed by atoms with E-state index in [9.17, 15) is 18.9 Å². The number of rotatable bonds is 6. The van der Waals surface area contributed by atoms with E-state index < -0.39 is 11.5 Å². The summed E-state index contributed by atoms with van der Waals surface area (Å²) in [4.78, 5) is 18.3. The summed E-state index contributed by atoms with van der Waals surface area (Å²) in [6.07, 6.45) is 2.61. The van der Waals surface area contributed by atoms with Crippen LogP contribution in [0.5, 0.6) is 11.8 Å². The molecule has 0 bridgehead atoms. The summed E-state index contributed by atoms with van der Waals surface area (Å²) in [5, 5.41) is 10.8. The van der Waals surface area contributed by atoms with Crippen molar-refractivity contribution in [3.8, 4) is 34.9 Å². The Balaban J connectivity index is 1.29. The van der Waals surface area contributed by atoms with Crippen molar-refractivity contribution >= 4 is 5.82 Å². The molecule has 0 N–H and O–H groups in total. The van der Waals surface area contributed by atoms with E-state index in [0.29, 0.717) is 17.8 Å². The van der Waals surface area contributed by atoms with Gasteiger partial charge in [0.05, 0.1) is 12.2 Å². The van der Waals surface area contributed by atoms with Crippen molar-refractivity contribution in [2.45, 2.75) is 19.3 Å². The number of alkyl halides is 2. The monoisotopic (exact) mass is 442 g/mol. The topological polar surface area (TPSA) is 102 Å². The predicted octanol–water partition coefficient (Wildman–Crippen LogP) is 3.28. The third-order valence-electron chi connectivity index (χ3n) is 4.48. The van der Waals surface area contributed by atoms with Gasteiger partial charge in [-0.2, -0.15) is 8.78 Å². The Kier molecular flexibility index (Phi) is 6.23. The minimum absolute atomic E-state index is 0.0806. The Morgan fingerprint density at radius 2 is 2.09 bits per heavy atom. The van der Waals surface area contributed by atoms with E-state index in [1.165, 1.54) is 22.9 Å². The Labute approximate surface area is 180 Å². The molecule has 164 valence electrons. The highest BCUT2D eigenvalue weighted by Gasteiger charge is 2.28. The molecule has 1 aliphatic rings. The number of hydrogen-bond acceptors (Lipinski definition) is 7. The van der Waals surface area contributed by atoms with Gasteiger partial charge >= 0.3 is 18.4 Å². The molecule has 11 heteroatoms. The first-order valence-corrected chi connectivity index (χ1v) is 9.44. The number of halogens is 2. The van der Waals surface area contributed by atoms with Crippen LogP contribution in [0.15, 0.2) is 48.8 Å². The van der Waals surface area contributed by atoms with Crippen molar-refractivity contribution in [1.82, 2.24) is 14.5 Å². The Morgan fingerprint density at radius 1 is 1.28 bits per heavy atom. The number of fused-ring (bicyclic) bond motifs is 1. The fourth-order valence-electron chi connectivity index (χ4n) is 3.00. The number of benzene rings is 1. The lowest BCUT2D eigenvalue weighted by atomic mass is 10.1. The molecule has 1 aliphatic heterocycles. The van der Waals surface area contributed by atoms with E-state index in [1.54, 1.807) is 30.5 Å². The second kappa shape index (κ2) is 9.40. The molecule has 9 nitrogen and oxygen atoms in total. The summed E-state index contributed by atoms with van der Waals surface area (Å²) in [6.45, 7) is -2.10. The minimum Gasteiger partial charge on any atom is -0.443 e. The lowest BCUT2D eigenvalue weighted by molar-refractivity contribution is -0.389. The van der Waals surface area contributed by atoms with Gasteiger partial charge in [-0.25, -0.2) is 0 Å². The molecule has 0 radical (unpaired) electrons. The molecule has 0 spiro atoms. The van der Waals surface area contributed by atoms with E-state index >= 15 is 0 Å². The summed E-state index contributed by atoms with van der Waals surface area (Å²) in [6, 6.07) is 9.96. The molecule has 0 aliphatic carbocycles. The van der Waals surface area contributed by atoms with E-state index in [4.69, 9.17) is 9.47 Å². The van der Waals surface area contributed by atoms with Gasteiger partial charge in [0.1, 0.15) is 31.3 Å². The number of hydrogen-bond donors (Lipinski definition) is 0. The maximum atomic E-state index is 12.2. The predicted molar refractivity (Wildman–Crippen MR) is 107 cm³/mol. The van der Waals surface area contributed by atoms with Crippen LogP contribution >= 0.6 is 0 Å². The first-order chi connectivity index (χ1) is 15.5. The van der Waals surface area contributed by atoms with E-state index in [1.807, 2.05) is 0 Å². The molecular weight excluding hydrogens is 426 g/mol. The number of aromatic nitrogens is 3. The number of imidazole rings is 1. The zero-order chi connectivity index (χ0) is 22.5. The van der Waals surface area contributed by atoms with Gasteiger partial charge in [-0.3, -0.25) is 9.55 Å². The van der Waals surface area contributed by atoms with Crippen LogP contribution in [0.2, 0.25) is 0 Å². The van der Waals surface area contributed by atoms with Gasteiger partial charge in [-0.15, -0.1) is 0 Å². The molecule has 0 saturated carbocycles. The Bertz CT molecular complexity index is 1150. The zero-order valence-electron chi connectivity index (χ0n) is 16.5. The molecule has 32 heavy (non-hydrogen) atoms. The van der Waals surface area contributed by atoms with Crippen LogP contribution in [0.3, 0.4) is 0 Å². The van der Waals surface area contributed by atoms with Gasteiger partial charge in [0.2, 0.25) is 0 Å². The summed E-state index contributed by atoms with van der Waals surface area (Å²) in [5.41, 5.74) is 2.10. The molecule has 0 amide bonds. The number of pyridine rings is 1. The van der Waals surface area contributed by atoms with Crippen LogP contribution in [0.25, 0.3) is 11.3 Å². The zero-order valence-corrected chi connectivity index (χ0v) is 16.5. The van der Waals surface area contributed by atoms with E-state index in [0.717, 1.165) is 5.56 Å². The first-order valence-electron chi connectivity index (χ1n) is 9.44.